The zero-order valence-corrected chi connectivity index (χ0v) is 21.5. The number of carbonyl (C=O) groups excluding carboxylic acids is 1. The van der Waals surface area contributed by atoms with Crippen molar-refractivity contribution in [1.29, 1.82) is 0 Å². The van der Waals surface area contributed by atoms with Crippen LogP contribution in [-0.4, -0.2) is 60.2 Å². The molecular weight excluding hydrogens is 480 g/mol. The van der Waals surface area contributed by atoms with E-state index >= 15 is 0 Å². The van der Waals surface area contributed by atoms with Crippen molar-refractivity contribution in [2.75, 3.05) is 39.2 Å². The van der Waals surface area contributed by atoms with Crippen molar-refractivity contribution in [2.24, 2.45) is 0 Å². The van der Waals surface area contributed by atoms with Crippen LogP contribution in [0, 0.1) is 0 Å². The monoisotopic (exact) mass is 510 g/mol. The summed E-state index contributed by atoms with van der Waals surface area (Å²) in [7, 11) is 1.85. The lowest BCUT2D eigenvalue weighted by molar-refractivity contribution is -0.130. The van der Waals surface area contributed by atoms with Crippen molar-refractivity contribution in [1.82, 2.24) is 4.90 Å². The Labute approximate surface area is 206 Å². The zero-order valence-electron chi connectivity index (χ0n) is 19.9. The first-order valence-corrected chi connectivity index (χ1v) is 12.9. The van der Waals surface area contributed by atoms with Crippen LogP contribution in [0.2, 0.25) is 5.02 Å². The van der Waals surface area contributed by atoms with E-state index in [4.69, 9.17) is 25.8 Å². The molecule has 0 atom stereocenters. The molecule has 1 aliphatic carbocycles. The molecule has 0 aliphatic heterocycles. The number of methoxy groups -OCH3 is 3. The molecule has 0 unspecified atom stereocenters. The highest BCUT2D eigenvalue weighted by Gasteiger charge is 2.33. The summed E-state index contributed by atoms with van der Waals surface area (Å²) in [6.45, 7) is -0.402. The minimum absolute atomic E-state index is 0.0553. The van der Waals surface area contributed by atoms with Crippen molar-refractivity contribution >= 4 is 33.2 Å². The second-order valence-electron chi connectivity index (χ2n) is 8.14. The van der Waals surface area contributed by atoms with Crippen LogP contribution in [0.4, 0.5) is 5.69 Å². The Morgan fingerprint density at radius 3 is 2.18 bits per heavy atom. The summed E-state index contributed by atoms with van der Waals surface area (Å²) in [5.41, 5.74) is 0.176. The van der Waals surface area contributed by atoms with Crippen molar-refractivity contribution in [2.45, 2.75) is 43.0 Å². The maximum absolute atomic E-state index is 13.9. The maximum atomic E-state index is 13.9. The van der Waals surface area contributed by atoms with Crippen molar-refractivity contribution in [3.05, 3.63) is 41.4 Å². The van der Waals surface area contributed by atoms with Gasteiger partial charge in [-0.25, -0.2) is 8.42 Å². The standard InChI is InChI=1S/C24H31ClN2O6S/c1-26(18-8-6-5-7-9-18)24(28)16-27(20-14-17(25)10-12-21(20)31-2)34(29,30)19-11-13-22(32-3)23(15-19)33-4/h10-15,18H,5-9,16H2,1-4H3. The molecule has 1 amide bonds. The lowest BCUT2D eigenvalue weighted by Gasteiger charge is -2.33. The van der Waals surface area contributed by atoms with Gasteiger partial charge in [-0.3, -0.25) is 9.10 Å². The van der Waals surface area contributed by atoms with E-state index in [0.29, 0.717) is 10.8 Å². The van der Waals surface area contributed by atoms with Gasteiger partial charge in [0.1, 0.15) is 12.3 Å². The summed E-state index contributed by atoms with van der Waals surface area (Å²) < 4.78 is 44.7. The van der Waals surface area contributed by atoms with Gasteiger partial charge in [0.15, 0.2) is 11.5 Å². The van der Waals surface area contributed by atoms with Gasteiger partial charge in [0.05, 0.1) is 31.9 Å². The third-order valence-corrected chi connectivity index (χ3v) is 8.14. The van der Waals surface area contributed by atoms with E-state index < -0.39 is 16.6 Å². The average molecular weight is 511 g/mol. The first-order chi connectivity index (χ1) is 16.2. The van der Waals surface area contributed by atoms with Gasteiger partial charge in [-0.2, -0.15) is 0 Å². The number of hydrogen-bond acceptors (Lipinski definition) is 6. The van der Waals surface area contributed by atoms with E-state index in [2.05, 4.69) is 0 Å². The van der Waals surface area contributed by atoms with Crippen LogP contribution < -0.4 is 18.5 Å². The van der Waals surface area contributed by atoms with Crippen molar-refractivity contribution in [3.8, 4) is 17.2 Å². The topological polar surface area (TPSA) is 85.4 Å². The van der Waals surface area contributed by atoms with Crippen LogP contribution in [0.25, 0.3) is 0 Å². The molecule has 1 saturated carbocycles. The quantitative estimate of drug-likeness (QED) is 0.498. The molecule has 186 valence electrons. The Kier molecular flexibility index (Phi) is 8.54. The van der Waals surface area contributed by atoms with Crippen molar-refractivity contribution in [3.63, 3.8) is 0 Å². The SMILES string of the molecule is COc1ccc(S(=O)(=O)N(CC(=O)N(C)C2CCCCC2)c2cc(Cl)ccc2OC)cc1OC. The largest absolute Gasteiger partial charge is 0.495 e. The van der Waals surface area contributed by atoms with Crippen LogP contribution in [0.1, 0.15) is 32.1 Å². The molecule has 10 heteroatoms. The molecule has 0 saturated heterocycles. The van der Waals surface area contributed by atoms with E-state index in [1.54, 1.807) is 24.1 Å². The van der Waals surface area contributed by atoms with Gasteiger partial charge in [-0.05, 0) is 43.2 Å². The Morgan fingerprint density at radius 2 is 1.56 bits per heavy atom. The molecule has 0 N–H and O–H groups in total. The summed E-state index contributed by atoms with van der Waals surface area (Å²) in [6.07, 6.45) is 5.07. The lowest BCUT2D eigenvalue weighted by atomic mass is 9.94. The fourth-order valence-corrected chi connectivity index (χ4v) is 5.77. The van der Waals surface area contributed by atoms with Gasteiger partial charge in [0.25, 0.3) is 10.0 Å². The minimum Gasteiger partial charge on any atom is -0.495 e. The number of nitrogens with zero attached hydrogens (tertiary/aromatic N) is 2. The van der Waals surface area contributed by atoms with Gasteiger partial charge < -0.3 is 19.1 Å². The van der Waals surface area contributed by atoms with E-state index in [-0.39, 0.29) is 34.0 Å². The molecule has 0 bridgehead atoms. The Bertz CT molecular complexity index is 1120. The highest BCUT2D eigenvalue weighted by atomic mass is 35.5. The van der Waals surface area contributed by atoms with Crippen LogP contribution in [0.15, 0.2) is 41.3 Å². The van der Waals surface area contributed by atoms with Crippen LogP contribution in [-0.2, 0) is 14.8 Å². The predicted octanol–water partition coefficient (Wildman–Crippen LogP) is 4.35. The number of carbonyl (C=O) groups is 1. The number of anilines is 1. The molecule has 0 spiro atoms. The lowest BCUT2D eigenvalue weighted by Crippen LogP contribution is -2.46. The zero-order chi connectivity index (χ0) is 24.9. The van der Waals surface area contributed by atoms with Crippen LogP contribution in [0.3, 0.4) is 0 Å². The third kappa shape index (κ3) is 5.52. The molecule has 0 aromatic heterocycles. The minimum atomic E-state index is -4.21. The molecule has 2 aromatic carbocycles. The number of likely N-dealkylation sites (N-methyl/N-ethyl adjacent to an activating group) is 1. The number of halogens is 1. The third-order valence-electron chi connectivity index (χ3n) is 6.15. The van der Waals surface area contributed by atoms with Gasteiger partial charge in [-0.1, -0.05) is 30.9 Å². The van der Waals surface area contributed by atoms with Gasteiger partial charge >= 0.3 is 0 Å². The molecular formula is C24H31ClN2O6S. The fraction of sp³-hybridized carbons (Fsp3) is 0.458. The number of sulfonamides is 1. The number of benzene rings is 2. The van der Waals surface area contributed by atoms with Gasteiger partial charge in [0, 0.05) is 24.2 Å². The van der Waals surface area contributed by atoms with Gasteiger partial charge in [-0.15, -0.1) is 0 Å². The smallest absolute Gasteiger partial charge is 0.265 e. The summed E-state index contributed by atoms with van der Waals surface area (Å²) in [5, 5.41) is 0.316. The first-order valence-electron chi connectivity index (χ1n) is 11.1. The maximum Gasteiger partial charge on any atom is 0.265 e. The fourth-order valence-electron chi connectivity index (χ4n) is 4.17. The van der Waals surface area contributed by atoms with E-state index in [1.165, 1.54) is 45.6 Å². The number of rotatable bonds is 9. The van der Waals surface area contributed by atoms with Crippen LogP contribution in [0.5, 0.6) is 17.2 Å². The Balaban J connectivity index is 2.06. The molecule has 1 aliphatic rings. The Hall–Kier alpha value is -2.65. The Morgan fingerprint density at radius 1 is 0.941 bits per heavy atom. The first kappa shape index (κ1) is 26.0. The summed E-state index contributed by atoms with van der Waals surface area (Å²) in [5.74, 6) is 0.619. The highest BCUT2D eigenvalue weighted by molar-refractivity contribution is 7.92. The molecule has 2 aromatic rings. The van der Waals surface area contributed by atoms with Gasteiger partial charge in [0.2, 0.25) is 5.91 Å². The molecule has 34 heavy (non-hydrogen) atoms. The molecule has 8 nitrogen and oxygen atoms in total. The van der Waals surface area contributed by atoms with Crippen LogP contribution >= 0.6 is 11.6 Å². The molecule has 0 heterocycles. The second kappa shape index (κ2) is 11.2. The average Bonchev–Trinajstić information content (AvgIpc) is 2.86. The number of amides is 1. The number of hydrogen-bond donors (Lipinski definition) is 0. The highest BCUT2D eigenvalue weighted by Crippen LogP contribution is 2.37. The van der Waals surface area contributed by atoms with E-state index in [1.807, 2.05) is 0 Å². The molecule has 0 radical (unpaired) electrons. The second-order valence-corrected chi connectivity index (χ2v) is 10.4. The van der Waals surface area contributed by atoms with E-state index in [9.17, 15) is 13.2 Å². The van der Waals surface area contributed by atoms with Crippen molar-refractivity contribution < 1.29 is 27.4 Å². The predicted molar refractivity (Wildman–Crippen MR) is 132 cm³/mol. The molecule has 3 rings (SSSR count). The summed E-state index contributed by atoms with van der Waals surface area (Å²) in [6, 6.07) is 9.03. The molecule has 1 fully saturated rings. The van der Waals surface area contributed by atoms with E-state index in [0.717, 1.165) is 36.4 Å². The summed E-state index contributed by atoms with van der Waals surface area (Å²) in [4.78, 5) is 14.9. The summed E-state index contributed by atoms with van der Waals surface area (Å²) >= 11 is 6.21. The number of ether oxygens (including phenoxy) is 3. The normalized spacial score (nSPS) is 14.4.